The Morgan fingerprint density at radius 2 is 2.05 bits per heavy atom. The molecule has 0 aliphatic carbocycles. The lowest BCUT2D eigenvalue weighted by molar-refractivity contribution is 0.0981. The van der Waals surface area contributed by atoms with Gasteiger partial charge in [-0.25, -0.2) is 27.8 Å². The molecule has 1 saturated heterocycles. The molecule has 3 aromatic rings. The zero-order valence-corrected chi connectivity index (χ0v) is 22.5. The van der Waals surface area contributed by atoms with Crippen LogP contribution in [0.1, 0.15) is 51.4 Å². The van der Waals surface area contributed by atoms with Crippen LogP contribution in [0.2, 0.25) is 0 Å². The van der Waals surface area contributed by atoms with Gasteiger partial charge in [-0.2, -0.15) is 5.10 Å². The highest BCUT2D eigenvalue weighted by Crippen LogP contribution is 2.37. The molecule has 0 spiro atoms. The SMILES string of the molecule is CC(C)COc1cnn(-c2ccc(C(=O)NS(=O)(=O)c3cccnc3N)c(N3C[C@@H](C)CC3(C)C)n2)c1. The molecular weight excluding hydrogens is 494 g/mol. The van der Waals surface area contributed by atoms with Gasteiger partial charge in [0.15, 0.2) is 11.6 Å². The second kappa shape index (κ2) is 10.0. The number of aromatic nitrogens is 4. The number of anilines is 2. The summed E-state index contributed by atoms with van der Waals surface area (Å²) in [5, 5.41) is 4.36. The molecule has 0 aromatic carbocycles. The topological polar surface area (TPSA) is 145 Å². The second-order valence-corrected chi connectivity index (χ2v) is 12.1. The van der Waals surface area contributed by atoms with Crippen LogP contribution >= 0.6 is 0 Å². The molecule has 0 bridgehead atoms. The predicted octanol–water partition coefficient (Wildman–Crippen LogP) is 3.02. The molecule has 3 aromatic heterocycles. The van der Waals surface area contributed by atoms with Gasteiger partial charge in [0.25, 0.3) is 15.9 Å². The van der Waals surface area contributed by atoms with Crippen LogP contribution < -0.4 is 20.1 Å². The molecule has 0 unspecified atom stereocenters. The zero-order valence-electron chi connectivity index (χ0n) is 21.7. The maximum Gasteiger partial charge on any atom is 0.268 e. The molecule has 1 atom stereocenters. The Morgan fingerprint density at radius 3 is 2.70 bits per heavy atom. The highest BCUT2D eigenvalue weighted by atomic mass is 32.2. The summed E-state index contributed by atoms with van der Waals surface area (Å²) in [6.45, 7) is 11.6. The van der Waals surface area contributed by atoms with Crippen molar-refractivity contribution in [3.8, 4) is 11.6 Å². The minimum Gasteiger partial charge on any atom is -0.490 e. The van der Waals surface area contributed by atoms with E-state index in [0.29, 0.717) is 42.4 Å². The number of nitrogens with two attached hydrogens (primary N) is 1. The van der Waals surface area contributed by atoms with E-state index in [1.165, 1.54) is 18.3 Å². The first-order valence-electron chi connectivity index (χ1n) is 12.1. The molecule has 1 fully saturated rings. The van der Waals surface area contributed by atoms with Crippen molar-refractivity contribution in [2.45, 2.75) is 51.5 Å². The molecule has 37 heavy (non-hydrogen) atoms. The number of nitrogens with zero attached hydrogens (tertiary/aromatic N) is 5. The first kappa shape index (κ1) is 26.4. The molecule has 0 saturated carbocycles. The van der Waals surface area contributed by atoms with Gasteiger partial charge in [-0.3, -0.25) is 4.79 Å². The van der Waals surface area contributed by atoms with Gasteiger partial charge in [-0.05, 0) is 56.4 Å². The van der Waals surface area contributed by atoms with Gasteiger partial charge in [0, 0.05) is 18.3 Å². The van der Waals surface area contributed by atoms with E-state index in [0.717, 1.165) is 6.42 Å². The molecule has 1 amide bonds. The van der Waals surface area contributed by atoms with E-state index in [-0.39, 0.29) is 21.8 Å². The molecular formula is C25H33N7O4S. The number of ether oxygens (including phenoxy) is 1. The van der Waals surface area contributed by atoms with Crippen LogP contribution in [0, 0.1) is 11.8 Å². The zero-order chi connectivity index (χ0) is 27.0. The molecule has 3 N–H and O–H groups in total. The van der Waals surface area contributed by atoms with Crippen LogP contribution in [0.3, 0.4) is 0 Å². The fraction of sp³-hybridized carbons (Fsp3) is 0.440. The first-order valence-corrected chi connectivity index (χ1v) is 13.6. The van der Waals surface area contributed by atoms with Gasteiger partial charge >= 0.3 is 0 Å². The Kier molecular flexibility index (Phi) is 7.13. The van der Waals surface area contributed by atoms with Crippen molar-refractivity contribution in [3.63, 3.8) is 0 Å². The van der Waals surface area contributed by atoms with Crippen molar-refractivity contribution in [1.29, 1.82) is 0 Å². The molecule has 1 aliphatic rings. The van der Waals surface area contributed by atoms with Crippen molar-refractivity contribution in [3.05, 3.63) is 48.4 Å². The van der Waals surface area contributed by atoms with Crippen molar-refractivity contribution >= 4 is 27.6 Å². The minimum absolute atomic E-state index is 0.125. The van der Waals surface area contributed by atoms with Crippen LogP contribution in [0.5, 0.6) is 5.75 Å². The van der Waals surface area contributed by atoms with Crippen LogP contribution in [-0.2, 0) is 10.0 Å². The Balaban J connectivity index is 1.72. The monoisotopic (exact) mass is 527 g/mol. The lowest BCUT2D eigenvalue weighted by atomic mass is 9.97. The summed E-state index contributed by atoms with van der Waals surface area (Å²) < 4.78 is 35.3. The summed E-state index contributed by atoms with van der Waals surface area (Å²) in [5.41, 5.74) is 5.57. The number of hydrogen-bond acceptors (Lipinski definition) is 9. The minimum atomic E-state index is -4.26. The third-order valence-corrected chi connectivity index (χ3v) is 7.51. The van der Waals surface area contributed by atoms with Gasteiger partial charge in [-0.15, -0.1) is 0 Å². The summed E-state index contributed by atoms with van der Waals surface area (Å²) in [6.07, 6.45) is 5.60. The lowest BCUT2D eigenvalue weighted by Crippen LogP contribution is -2.41. The fourth-order valence-corrected chi connectivity index (χ4v) is 5.59. The van der Waals surface area contributed by atoms with E-state index < -0.39 is 15.9 Å². The molecule has 4 rings (SSSR count). The third kappa shape index (κ3) is 5.68. The van der Waals surface area contributed by atoms with Crippen molar-refractivity contribution in [2.75, 3.05) is 23.8 Å². The maximum absolute atomic E-state index is 13.4. The largest absolute Gasteiger partial charge is 0.490 e. The predicted molar refractivity (Wildman–Crippen MR) is 140 cm³/mol. The number of carbonyl (C=O) groups excluding carboxylic acids is 1. The third-order valence-electron chi connectivity index (χ3n) is 6.13. The normalized spacial score (nSPS) is 17.2. The first-order chi connectivity index (χ1) is 17.4. The number of carbonyl (C=O) groups is 1. The number of pyridine rings is 2. The molecule has 4 heterocycles. The quantitative estimate of drug-likeness (QED) is 0.451. The Hall–Kier alpha value is -3.67. The summed E-state index contributed by atoms with van der Waals surface area (Å²) in [7, 11) is -4.26. The number of nitrogens with one attached hydrogen (secondary N) is 1. The van der Waals surface area contributed by atoms with E-state index in [4.69, 9.17) is 15.5 Å². The van der Waals surface area contributed by atoms with Crippen LogP contribution in [0.15, 0.2) is 47.8 Å². The Morgan fingerprint density at radius 1 is 1.30 bits per heavy atom. The fourth-order valence-electron chi connectivity index (χ4n) is 4.54. The molecule has 0 radical (unpaired) electrons. The lowest BCUT2D eigenvalue weighted by Gasteiger charge is -2.34. The molecule has 198 valence electrons. The van der Waals surface area contributed by atoms with Crippen molar-refractivity contribution in [1.82, 2.24) is 24.5 Å². The number of hydrogen-bond donors (Lipinski definition) is 2. The van der Waals surface area contributed by atoms with E-state index in [1.54, 1.807) is 29.2 Å². The van der Waals surface area contributed by atoms with E-state index in [1.807, 2.05) is 4.90 Å². The van der Waals surface area contributed by atoms with Gasteiger partial charge < -0.3 is 15.4 Å². The highest BCUT2D eigenvalue weighted by Gasteiger charge is 2.39. The standard InChI is InChI=1S/C25H33N7O4S/c1-16(2)15-36-18-12-28-32(14-18)21-9-8-19(23(29-21)31-13-17(3)11-25(31,4)5)24(33)30-37(34,35)20-7-6-10-27-22(20)26/h6-10,12,14,16-17H,11,13,15H2,1-5H3,(H2,26,27)(H,30,33)/t17-/m0/s1. The van der Waals surface area contributed by atoms with Crippen LogP contribution in [0.4, 0.5) is 11.6 Å². The molecule has 11 nitrogen and oxygen atoms in total. The maximum atomic E-state index is 13.4. The molecule has 12 heteroatoms. The van der Waals surface area contributed by atoms with Gasteiger partial charge in [0.2, 0.25) is 0 Å². The van der Waals surface area contributed by atoms with Gasteiger partial charge in [0.05, 0.1) is 24.6 Å². The number of nitrogen functional groups attached to an aromatic ring is 1. The van der Waals surface area contributed by atoms with Crippen LogP contribution in [-0.4, -0.2) is 52.8 Å². The van der Waals surface area contributed by atoms with Gasteiger partial charge in [-0.1, -0.05) is 20.8 Å². The number of sulfonamides is 1. The average Bonchev–Trinajstić information content (AvgIpc) is 3.40. The van der Waals surface area contributed by atoms with E-state index in [9.17, 15) is 13.2 Å². The smallest absolute Gasteiger partial charge is 0.268 e. The second-order valence-electron chi connectivity index (χ2n) is 10.4. The average molecular weight is 528 g/mol. The Bertz CT molecular complexity index is 1400. The van der Waals surface area contributed by atoms with Crippen molar-refractivity contribution in [2.24, 2.45) is 11.8 Å². The summed E-state index contributed by atoms with van der Waals surface area (Å²) in [4.78, 5) is 23.7. The summed E-state index contributed by atoms with van der Waals surface area (Å²) in [5.74, 6) is 1.17. The van der Waals surface area contributed by atoms with Crippen molar-refractivity contribution < 1.29 is 17.9 Å². The number of rotatable bonds is 8. The van der Waals surface area contributed by atoms with E-state index >= 15 is 0 Å². The molecule has 1 aliphatic heterocycles. The van der Waals surface area contributed by atoms with Crippen LogP contribution in [0.25, 0.3) is 5.82 Å². The number of amides is 1. The highest BCUT2D eigenvalue weighted by molar-refractivity contribution is 7.90. The Labute approximate surface area is 217 Å². The van der Waals surface area contributed by atoms with Gasteiger partial charge in [0.1, 0.15) is 16.5 Å². The van der Waals surface area contributed by atoms with E-state index in [2.05, 4.69) is 49.4 Å². The summed E-state index contributed by atoms with van der Waals surface area (Å²) in [6, 6.07) is 5.91. The summed E-state index contributed by atoms with van der Waals surface area (Å²) >= 11 is 0.